The van der Waals surface area contributed by atoms with Gasteiger partial charge in [0.15, 0.2) is 0 Å². The van der Waals surface area contributed by atoms with Crippen LogP contribution in [0.3, 0.4) is 0 Å². The highest BCUT2D eigenvalue weighted by Gasteiger charge is 2.31. The fraction of sp³-hybridized carbons (Fsp3) is 0.538. The molecule has 0 radical (unpaired) electrons. The maximum absolute atomic E-state index is 12.4. The minimum atomic E-state index is -4.29. The van der Waals surface area contributed by atoms with Gasteiger partial charge in [0.2, 0.25) is 0 Å². The van der Waals surface area contributed by atoms with Crippen molar-refractivity contribution in [3.8, 4) is 0 Å². The van der Waals surface area contributed by atoms with Crippen LogP contribution in [0.15, 0.2) is 24.3 Å². The largest absolute Gasteiger partial charge is 0.416 e. The van der Waals surface area contributed by atoms with Crippen molar-refractivity contribution < 1.29 is 18.3 Å². The molecule has 0 aromatic heterocycles. The second-order valence-corrected chi connectivity index (χ2v) is 4.58. The maximum Gasteiger partial charge on any atom is 0.416 e. The molecule has 0 heterocycles. The summed E-state index contributed by atoms with van der Waals surface area (Å²) in [6.07, 6.45) is -1.08. The first kappa shape index (κ1) is 12.4. The summed E-state index contributed by atoms with van der Waals surface area (Å²) in [5.41, 5.74) is 0.178. The zero-order valence-corrected chi connectivity index (χ0v) is 9.37. The second kappa shape index (κ2) is 4.69. The molecule has 2 unspecified atom stereocenters. The van der Waals surface area contributed by atoms with E-state index in [1.807, 2.05) is 0 Å². The number of rotatable bonds is 1. The number of halogens is 3. The molecule has 0 aliphatic heterocycles. The topological polar surface area (TPSA) is 20.2 Å². The van der Waals surface area contributed by atoms with Crippen molar-refractivity contribution in [1.29, 1.82) is 0 Å². The molecule has 17 heavy (non-hydrogen) atoms. The predicted molar refractivity (Wildman–Crippen MR) is 58.7 cm³/mol. The highest BCUT2D eigenvalue weighted by molar-refractivity contribution is 5.28. The van der Waals surface area contributed by atoms with Gasteiger partial charge in [-0.1, -0.05) is 25.0 Å². The molecule has 1 fully saturated rings. The molecule has 2 rings (SSSR count). The molecule has 1 nitrogen and oxygen atoms in total. The smallest absolute Gasteiger partial charge is 0.392 e. The minimum absolute atomic E-state index is 0.00830. The third-order valence-electron chi connectivity index (χ3n) is 3.40. The molecule has 1 aliphatic carbocycles. The lowest BCUT2D eigenvalue weighted by atomic mass is 9.81. The van der Waals surface area contributed by atoms with Crippen LogP contribution in [0, 0.1) is 0 Å². The molecular weight excluding hydrogens is 229 g/mol. The fourth-order valence-corrected chi connectivity index (χ4v) is 2.42. The van der Waals surface area contributed by atoms with Crippen molar-refractivity contribution in [2.75, 3.05) is 0 Å². The van der Waals surface area contributed by atoms with Crippen LogP contribution in [0.4, 0.5) is 13.2 Å². The second-order valence-electron chi connectivity index (χ2n) is 4.58. The molecule has 4 heteroatoms. The Bertz CT molecular complexity index is 369. The van der Waals surface area contributed by atoms with Crippen LogP contribution in [-0.4, -0.2) is 11.2 Å². The lowest BCUT2D eigenvalue weighted by Gasteiger charge is -2.28. The van der Waals surface area contributed by atoms with Gasteiger partial charge in [-0.25, -0.2) is 0 Å². The van der Waals surface area contributed by atoms with Gasteiger partial charge in [0, 0.05) is 5.92 Å². The van der Waals surface area contributed by atoms with Gasteiger partial charge in [0.1, 0.15) is 0 Å². The monoisotopic (exact) mass is 244 g/mol. The summed E-state index contributed by atoms with van der Waals surface area (Å²) in [7, 11) is 0. The van der Waals surface area contributed by atoms with Crippen LogP contribution >= 0.6 is 0 Å². The van der Waals surface area contributed by atoms with Gasteiger partial charge in [0.25, 0.3) is 0 Å². The summed E-state index contributed by atoms with van der Waals surface area (Å²) < 4.78 is 37.2. The number of aliphatic hydroxyl groups excluding tert-OH is 1. The number of aliphatic hydroxyl groups is 1. The highest BCUT2D eigenvalue weighted by atomic mass is 19.4. The average Bonchev–Trinajstić information content (AvgIpc) is 2.29. The van der Waals surface area contributed by atoms with Gasteiger partial charge < -0.3 is 5.11 Å². The van der Waals surface area contributed by atoms with Gasteiger partial charge in [0.05, 0.1) is 11.7 Å². The first-order valence-electron chi connectivity index (χ1n) is 5.84. The quantitative estimate of drug-likeness (QED) is 0.798. The molecule has 94 valence electrons. The molecule has 2 atom stereocenters. The molecule has 1 N–H and O–H groups in total. The Labute approximate surface area is 98.3 Å². The first-order valence-corrected chi connectivity index (χ1v) is 5.84. The molecule has 0 saturated heterocycles. The third kappa shape index (κ3) is 2.80. The molecule has 0 bridgehead atoms. The summed E-state index contributed by atoms with van der Waals surface area (Å²) in [6.45, 7) is 0. The maximum atomic E-state index is 12.4. The van der Waals surface area contributed by atoms with Crippen molar-refractivity contribution in [1.82, 2.24) is 0 Å². The minimum Gasteiger partial charge on any atom is -0.392 e. The number of hydrogen-bond acceptors (Lipinski definition) is 1. The fourth-order valence-electron chi connectivity index (χ4n) is 2.42. The van der Waals surface area contributed by atoms with Crippen molar-refractivity contribution in [3.05, 3.63) is 35.4 Å². The van der Waals surface area contributed by atoms with Crippen molar-refractivity contribution in [2.45, 2.75) is 43.9 Å². The normalized spacial score (nSPS) is 25.9. The SMILES string of the molecule is OC1CCCCC1c1ccc(C(F)(F)F)cc1. The summed E-state index contributed by atoms with van der Waals surface area (Å²) in [5, 5.41) is 9.83. The van der Waals surface area contributed by atoms with E-state index in [0.717, 1.165) is 43.4 Å². The Kier molecular flexibility index (Phi) is 3.43. The van der Waals surface area contributed by atoms with E-state index in [0.29, 0.717) is 0 Å². The van der Waals surface area contributed by atoms with Crippen LogP contribution in [0.2, 0.25) is 0 Å². The predicted octanol–water partition coefficient (Wildman–Crippen LogP) is 3.72. The Morgan fingerprint density at radius 3 is 2.12 bits per heavy atom. The Morgan fingerprint density at radius 1 is 1.00 bits per heavy atom. The van der Waals surface area contributed by atoms with E-state index in [-0.39, 0.29) is 5.92 Å². The molecule has 1 aromatic rings. The summed E-state index contributed by atoms with van der Waals surface area (Å²) in [5.74, 6) is -0.00830. The third-order valence-corrected chi connectivity index (χ3v) is 3.40. The van der Waals surface area contributed by atoms with Crippen LogP contribution in [0.1, 0.15) is 42.7 Å². The number of alkyl halides is 3. The summed E-state index contributed by atoms with van der Waals surface area (Å²) in [4.78, 5) is 0. The zero-order valence-electron chi connectivity index (χ0n) is 9.37. The number of benzene rings is 1. The highest BCUT2D eigenvalue weighted by Crippen LogP contribution is 2.35. The van der Waals surface area contributed by atoms with Gasteiger partial charge in [-0.05, 0) is 30.5 Å². The van der Waals surface area contributed by atoms with Crippen molar-refractivity contribution >= 4 is 0 Å². The van der Waals surface area contributed by atoms with E-state index in [4.69, 9.17) is 0 Å². The van der Waals surface area contributed by atoms with Gasteiger partial charge in [-0.2, -0.15) is 13.2 Å². The standard InChI is InChI=1S/C13H15F3O/c14-13(15,16)10-7-5-9(6-8-10)11-3-1-2-4-12(11)17/h5-8,11-12,17H,1-4H2. The summed E-state index contributed by atoms with van der Waals surface area (Å²) >= 11 is 0. The van der Waals surface area contributed by atoms with E-state index in [9.17, 15) is 18.3 Å². The Hall–Kier alpha value is -1.03. The summed E-state index contributed by atoms with van der Waals surface area (Å²) in [6, 6.07) is 5.16. The van der Waals surface area contributed by atoms with Crippen LogP contribution in [0.5, 0.6) is 0 Å². The van der Waals surface area contributed by atoms with E-state index >= 15 is 0 Å². The van der Waals surface area contributed by atoms with E-state index in [2.05, 4.69) is 0 Å². The zero-order chi connectivity index (χ0) is 12.5. The molecule has 0 amide bonds. The lowest BCUT2D eigenvalue weighted by Crippen LogP contribution is -2.22. The van der Waals surface area contributed by atoms with Crippen molar-refractivity contribution in [2.24, 2.45) is 0 Å². The molecule has 1 aromatic carbocycles. The van der Waals surface area contributed by atoms with Crippen molar-refractivity contribution in [3.63, 3.8) is 0 Å². The van der Waals surface area contributed by atoms with Crippen LogP contribution in [-0.2, 0) is 6.18 Å². The Morgan fingerprint density at radius 2 is 1.59 bits per heavy atom. The van der Waals surface area contributed by atoms with Gasteiger partial charge in [-0.15, -0.1) is 0 Å². The first-order chi connectivity index (χ1) is 7.98. The lowest BCUT2D eigenvalue weighted by molar-refractivity contribution is -0.137. The van der Waals surface area contributed by atoms with E-state index in [1.54, 1.807) is 0 Å². The van der Waals surface area contributed by atoms with Gasteiger partial charge >= 0.3 is 6.18 Å². The number of hydrogen-bond donors (Lipinski definition) is 1. The van der Waals surface area contributed by atoms with E-state index in [1.165, 1.54) is 12.1 Å². The Balaban J connectivity index is 2.17. The molecule has 1 saturated carbocycles. The molecule has 0 spiro atoms. The van der Waals surface area contributed by atoms with Crippen LogP contribution in [0.25, 0.3) is 0 Å². The van der Waals surface area contributed by atoms with Crippen LogP contribution < -0.4 is 0 Å². The van der Waals surface area contributed by atoms with Gasteiger partial charge in [-0.3, -0.25) is 0 Å². The van der Waals surface area contributed by atoms with E-state index < -0.39 is 17.8 Å². The molecule has 1 aliphatic rings. The average molecular weight is 244 g/mol. The molecular formula is C13H15F3O.